The molecule has 1 aliphatic heterocycles. The number of esters is 1. The number of carbonyl (C=O) groups excluding carboxylic acids is 1. The fourth-order valence-electron chi connectivity index (χ4n) is 1.18. The van der Waals surface area contributed by atoms with Gasteiger partial charge in [-0.05, 0) is 18.9 Å². The van der Waals surface area contributed by atoms with Gasteiger partial charge in [-0.1, -0.05) is 0 Å². The summed E-state index contributed by atoms with van der Waals surface area (Å²) < 4.78 is 26.6. The molecule has 0 spiro atoms. The highest BCUT2D eigenvalue weighted by atomic mass is 32.2. The van der Waals surface area contributed by atoms with Gasteiger partial charge in [0, 0.05) is 6.08 Å². The molecule has 5 heteroatoms. The molecule has 1 rings (SSSR count). The van der Waals surface area contributed by atoms with Gasteiger partial charge < -0.3 is 4.74 Å². The summed E-state index contributed by atoms with van der Waals surface area (Å²) in [6.07, 6.45) is 1.75. The zero-order valence-corrected chi connectivity index (χ0v) is 8.26. The van der Waals surface area contributed by atoms with Crippen molar-refractivity contribution in [3.05, 3.63) is 11.6 Å². The van der Waals surface area contributed by atoms with Crippen molar-refractivity contribution >= 4 is 15.8 Å². The van der Waals surface area contributed by atoms with Crippen LogP contribution in [0.2, 0.25) is 0 Å². The van der Waals surface area contributed by atoms with Gasteiger partial charge in [0.25, 0.3) is 0 Å². The molecule has 0 aromatic rings. The minimum atomic E-state index is -2.93. The van der Waals surface area contributed by atoms with Gasteiger partial charge in [-0.15, -0.1) is 0 Å². The predicted molar refractivity (Wildman–Crippen MR) is 48.0 cm³/mol. The molecule has 0 radical (unpaired) electrons. The van der Waals surface area contributed by atoms with E-state index in [0.29, 0.717) is 18.6 Å². The Hall–Kier alpha value is -0.840. The maximum atomic E-state index is 11.0. The smallest absolute Gasteiger partial charge is 0.330 e. The fourth-order valence-corrected chi connectivity index (χ4v) is 2.69. The quantitative estimate of drug-likeness (QED) is 0.479. The summed E-state index contributed by atoms with van der Waals surface area (Å²) in [6, 6.07) is 0. The standard InChI is InChI=1S/C8H12O4S/c1-2-12-8(9)5-7-3-4-13(10,11)6-7/h5H,2-4,6H2,1H3/b7-5+. The van der Waals surface area contributed by atoms with Crippen molar-refractivity contribution < 1.29 is 17.9 Å². The van der Waals surface area contributed by atoms with E-state index in [-0.39, 0.29) is 11.5 Å². The zero-order chi connectivity index (χ0) is 9.90. The molecule has 1 aliphatic rings. The molecule has 4 nitrogen and oxygen atoms in total. The summed E-state index contributed by atoms with van der Waals surface area (Å²) in [5.41, 5.74) is 0.651. The molecule has 0 bridgehead atoms. The van der Waals surface area contributed by atoms with E-state index >= 15 is 0 Å². The lowest BCUT2D eigenvalue weighted by Crippen LogP contribution is -2.03. The number of rotatable bonds is 2. The Kier molecular flexibility index (Phi) is 3.08. The van der Waals surface area contributed by atoms with Crippen LogP contribution in [0.1, 0.15) is 13.3 Å². The molecule has 13 heavy (non-hydrogen) atoms. The molecule has 0 amide bonds. The lowest BCUT2D eigenvalue weighted by Gasteiger charge is -1.96. The topological polar surface area (TPSA) is 60.4 Å². The first-order valence-corrected chi connectivity index (χ1v) is 5.92. The molecule has 74 valence electrons. The molecule has 1 saturated heterocycles. The molecule has 0 unspecified atom stereocenters. The van der Waals surface area contributed by atoms with Gasteiger partial charge in [0.2, 0.25) is 0 Å². The van der Waals surface area contributed by atoms with Crippen LogP contribution in [0.5, 0.6) is 0 Å². The van der Waals surface area contributed by atoms with E-state index < -0.39 is 15.8 Å². The first-order chi connectivity index (χ1) is 6.03. The van der Waals surface area contributed by atoms with Crippen molar-refractivity contribution in [2.45, 2.75) is 13.3 Å². The van der Waals surface area contributed by atoms with Crippen LogP contribution >= 0.6 is 0 Å². The van der Waals surface area contributed by atoms with Crippen molar-refractivity contribution in [1.29, 1.82) is 0 Å². The van der Waals surface area contributed by atoms with E-state index in [4.69, 9.17) is 0 Å². The second kappa shape index (κ2) is 3.91. The highest BCUT2D eigenvalue weighted by molar-refractivity contribution is 7.91. The molecule has 0 atom stereocenters. The Morgan fingerprint density at radius 3 is 2.77 bits per heavy atom. The number of sulfone groups is 1. The Bertz CT molecular complexity index is 326. The van der Waals surface area contributed by atoms with Gasteiger partial charge in [0.1, 0.15) is 0 Å². The summed E-state index contributed by atoms with van der Waals surface area (Å²) >= 11 is 0. The molecular formula is C8H12O4S. The normalized spacial score (nSPS) is 23.3. The highest BCUT2D eigenvalue weighted by Gasteiger charge is 2.22. The lowest BCUT2D eigenvalue weighted by atomic mass is 10.2. The molecule has 1 heterocycles. The number of hydrogen-bond acceptors (Lipinski definition) is 4. The van der Waals surface area contributed by atoms with Crippen molar-refractivity contribution in [1.82, 2.24) is 0 Å². The summed E-state index contributed by atoms with van der Waals surface area (Å²) in [5, 5.41) is 0. The summed E-state index contributed by atoms with van der Waals surface area (Å²) in [6.45, 7) is 2.02. The van der Waals surface area contributed by atoms with Crippen LogP contribution in [0.3, 0.4) is 0 Å². The lowest BCUT2D eigenvalue weighted by molar-refractivity contribution is -0.137. The highest BCUT2D eigenvalue weighted by Crippen LogP contribution is 2.16. The average molecular weight is 204 g/mol. The maximum Gasteiger partial charge on any atom is 0.330 e. The Balaban J connectivity index is 2.60. The predicted octanol–water partition coefficient (Wildman–Crippen LogP) is 0.294. The van der Waals surface area contributed by atoms with Crippen LogP contribution in [0.25, 0.3) is 0 Å². The van der Waals surface area contributed by atoms with Gasteiger partial charge >= 0.3 is 5.97 Å². The number of hydrogen-bond donors (Lipinski definition) is 0. The van der Waals surface area contributed by atoms with Gasteiger partial charge in [0.05, 0.1) is 18.1 Å². The molecule has 0 aromatic carbocycles. The van der Waals surface area contributed by atoms with Crippen LogP contribution in [0.4, 0.5) is 0 Å². The second-order valence-electron chi connectivity index (χ2n) is 2.90. The molecule has 1 fully saturated rings. The summed E-state index contributed by atoms with van der Waals surface area (Å²) in [4.78, 5) is 10.9. The van der Waals surface area contributed by atoms with Crippen LogP contribution in [0, 0.1) is 0 Å². The van der Waals surface area contributed by atoms with Crippen molar-refractivity contribution in [3.63, 3.8) is 0 Å². The second-order valence-corrected chi connectivity index (χ2v) is 5.08. The van der Waals surface area contributed by atoms with E-state index in [1.807, 2.05) is 0 Å². The number of ether oxygens (including phenoxy) is 1. The molecule has 0 aromatic heterocycles. The van der Waals surface area contributed by atoms with E-state index in [0.717, 1.165) is 0 Å². The van der Waals surface area contributed by atoms with E-state index in [9.17, 15) is 13.2 Å². The van der Waals surface area contributed by atoms with Crippen LogP contribution in [0.15, 0.2) is 11.6 Å². The Morgan fingerprint density at radius 2 is 2.31 bits per heavy atom. The average Bonchev–Trinajstić information content (AvgIpc) is 2.30. The largest absolute Gasteiger partial charge is 0.463 e. The summed E-state index contributed by atoms with van der Waals surface area (Å²) in [7, 11) is -2.93. The summed E-state index contributed by atoms with van der Waals surface area (Å²) in [5.74, 6) is -0.293. The molecule has 0 saturated carbocycles. The maximum absolute atomic E-state index is 11.0. The Morgan fingerprint density at radius 1 is 1.62 bits per heavy atom. The van der Waals surface area contributed by atoms with E-state index in [2.05, 4.69) is 4.74 Å². The van der Waals surface area contributed by atoms with Crippen LogP contribution < -0.4 is 0 Å². The van der Waals surface area contributed by atoms with Crippen LogP contribution in [-0.4, -0.2) is 32.5 Å². The first-order valence-electron chi connectivity index (χ1n) is 4.10. The Labute approximate surface area is 77.5 Å². The molecule has 0 N–H and O–H groups in total. The fraction of sp³-hybridized carbons (Fsp3) is 0.625. The van der Waals surface area contributed by atoms with Gasteiger partial charge in [0.15, 0.2) is 9.84 Å². The van der Waals surface area contributed by atoms with Crippen molar-refractivity contribution in [3.8, 4) is 0 Å². The zero-order valence-electron chi connectivity index (χ0n) is 7.45. The third-order valence-electron chi connectivity index (χ3n) is 1.75. The molecule has 0 aliphatic carbocycles. The minimum Gasteiger partial charge on any atom is -0.463 e. The first kappa shape index (κ1) is 10.2. The molecular weight excluding hydrogens is 192 g/mol. The third-order valence-corrected chi connectivity index (χ3v) is 3.38. The van der Waals surface area contributed by atoms with Crippen molar-refractivity contribution in [2.24, 2.45) is 0 Å². The van der Waals surface area contributed by atoms with Gasteiger partial charge in [-0.2, -0.15) is 0 Å². The van der Waals surface area contributed by atoms with E-state index in [1.165, 1.54) is 6.08 Å². The van der Waals surface area contributed by atoms with Gasteiger partial charge in [-0.3, -0.25) is 0 Å². The van der Waals surface area contributed by atoms with Crippen LogP contribution in [-0.2, 0) is 19.4 Å². The third kappa shape index (κ3) is 3.18. The SMILES string of the molecule is CCOC(=O)/C=C1\CCS(=O)(=O)C1. The van der Waals surface area contributed by atoms with Crippen molar-refractivity contribution in [2.75, 3.05) is 18.1 Å². The minimum absolute atomic E-state index is 0.00577. The van der Waals surface area contributed by atoms with E-state index in [1.54, 1.807) is 6.92 Å². The van der Waals surface area contributed by atoms with Gasteiger partial charge in [-0.25, -0.2) is 13.2 Å². The number of carbonyl (C=O) groups is 1. The monoisotopic (exact) mass is 204 g/mol.